The molecule has 1 amide bonds. The smallest absolute Gasteiger partial charge is 0.223 e. The first kappa shape index (κ1) is 21.4. The lowest BCUT2D eigenvalue weighted by atomic mass is 9.90. The summed E-state index contributed by atoms with van der Waals surface area (Å²) >= 11 is 5.93. The normalized spacial score (nSPS) is 14.6. The van der Waals surface area contributed by atoms with E-state index in [1.807, 2.05) is 41.3 Å². The van der Waals surface area contributed by atoms with Gasteiger partial charge in [-0.1, -0.05) is 23.7 Å². The SMILES string of the molecule is COc1ccc(CC2CCN(C(=O)CCc3ncc(-c4ccc(Cl)cc4)o3)CC2)cc1. The van der Waals surface area contributed by atoms with Crippen molar-refractivity contribution < 1.29 is 13.9 Å². The van der Waals surface area contributed by atoms with Crippen molar-refractivity contribution in [2.24, 2.45) is 5.92 Å². The molecule has 1 aliphatic rings. The second kappa shape index (κ2) is 10.0. The van der Waals surface area contributed by atoms with Crippen LogP contribution in [0.2, 0.25) is 5.02 Å². The number of hydrogen-bond donors (Lipinski definition) is 0. The van der Waals surface area contributed by atoms with Gasteiger partial charge in [0.15, 0.2) is 11.7 Å². The van der Waals surface area contributed by atoms with Gasteiger partial charge in [0.25, 0.3) is 0 Å². The van der Waals surface area contributed by atoms with Gasteiger partial charge in [0.1, 0.15) is 5.75 Å². The number of aryl methyl sites for hydroxylation is 1. The third-order valence-corrected chi connectivity index (χ3v) is 6.14. The summed E-state index contributed by atoms with van der Waals surface area (Å²) in [6.07, 6.45) is 5.76. The van der Waals surface area contributed by atoms with E-state index in [4.69, 9.17) is 20.8 Å². The van der Waals surface area contributed by atoms with E-state index in [2.05, 4.69) is 17.1 Å². The molecule has 1 saturated heterocycles. The number of methoxy groups -OCH3 is 1. The molecule has 1 fully saturated rings. The number of carbonyl (C=O) groups is 1. The predicted molar refractivity (Wildman–Crippen MR) is 121 cm³/mol. The zero-order valence-electron chi connectivity index (χ0n) is 17.7. The van der Waals surface area contributed by atoms with Gasteiger partial charge in [-0.15, -0.1) is 0 Å². The highest BCUT2D eigenvalue weighted by molar-refractivity contribution is 6.30. The van der Waals surface area contributed by atoms with E-state index in [-0.39, 0.29) is 5.91 Å². The van der Waals surface area contributed by atoms with Crippen molar-refractivity contribution in [3.63, 3.8) is 0 Å². The van der Waals surface area contributed by atoms with Crippen molar-refractivity contribution in [2.75, 3.05) is 20.2 Å². The van der Waals surface area contributed by atoms with E-state index >= 15 is 0 Å². The van der Waals surface area contributed by atoms with Crippen LogP contribution in [-0.2, 0) is 17.6 Å². The molecule has 1 aliphatic heterocycles. The number of ether oxygens (including phenoxy) is 1. The minimum Gasteiger partial charge on any atom is -0.497 e. The standard InChI is InChI=1S/C25H27ClN2O3/c1-30-22-8-2-18(3-9-22)16-19-12-14-28(15-13-19)25(29)11-10-24-27-17-23(31-24)20-4-6-21(26)7-5-20/h2-9,17,19H,10-16H2,1H3. The fourth-order valence-electron chi connectivity index (χ4n) is 4.03. The van der Waals surface area contributed by atoms with E-state index in [1.54, 1.807) is 13.3 Å². The Balaban J connectivity index is 1.22. The van der Waals surface area contributed by atoms with Gasteiger partial charge in [0.05, 0.1) is 13.3 Å². The molecule has 31 heavy (non-hydrogen) atoms. The summed E-state index contributed by atoms with van der Waals surface area (Å²) in [5.41, 5.74) is 2.25. The van der Waals surface area contributed by atoms with Crippen LogP contribution >= 0.6 is 11.6 Å². The first-order valence-electron chi connectivity index (χ1n) is 10.7. The van der Waals surface area contributed by atoms with Crippen LogP contribution in [0.5, 0.6) is 5.75 Å². The monoisotopic (exact) mass is 438 g/mol. The molecule has 162 valence electrons. The molecular formula is C25H27ClN2O3. The van der Waals surface area contributed by atoms with Gasteiger partial charge in [-0.2, -0.15) is 0 Å². The van der Waals surface area contributed by atoms with Crippen LogP contribution < -0.4 is 4.74 Å². The maximum atomic E-state index is 12.6. The summed E-state index contributed by atoms with van der Waals surface area (Å²) in [6.45, 7) is 1.64. The molecule has 0 atom stereocenters. The Hall–Kier alpha value is -2.79. The maximum absolute atomic E-state index is 12.6. The molecule has 5 nitrogen and oxygen atoms in total. The van der Waals surface area contributed by atoms with Gasteiger partial charge in [0.2, 0.25) is 5.91 Å². The first-order chi connectivity index (χ1) is 15.1. The van der Waals surface area contributed by atoms with Gasteiger partial charge >= 0.3 is 0 Å². The number of amides is 1. The quantitative estimate of drug-likeness (QED) is 0.494. The van der Waals surface area contributed by atoms with Gasteiger partial charge < -0.3 is 14.1 Å². The van der Waals surface area contributed by atoms with E-state index < -0.39 is 0 Å². The van der Waals surface area contributed by atoms with E-state index in [0.29, 0.717) is 35.4 Å². The molecule has 0 aliphatic carbocycles. The fourth-order valence-corrected chi connectivity index (χ4v) is 4.15. The molecule has 0 spiro atoms. The Labute approximate surface area is 188 Å². The van der Waals surface area contributed by atoms with Gasteiger partial charge in [-0.25, -0.2) is 4.98 Å². The Morgan fingerprint density at radius 1 is 1.13 bits per heavy atom. The molecule has 4 rings (SSSR count). The largest absolute Gasteiger partial charge is 0.497 e. The highest BCUT2D eigenvalue weighted by atomic mass is 35.5. The number of halogens is 1. The van der Waals surface area contributed by atoms with Gasteiger partial charge in [-0.3, -0.25) is 4.79 Å². The molecular weight excluding hydrogens is 412 g/mol. The topological polar surface area (TPSA) is 55.6 Å². The van der Waals surface area contributed by atoms with E-state index in [0.717, 1.165) is 43.7 Å². The molecule has 0 N–H and O–H groups in total. The number of hydrogen-bond acceptors (Lipinski definition) is 4. The van der Waals surface area contributed by atoms with Crippen molar-refractivity contribution in [1.82, 2.24) is 9.88 Å². The van der Waals surface area contributed by atoms with Crippen LogP contribution in [0.1, 0.15) is 30.7 Å². The lowest BCUT2D eigenvalue weighted by Gasteiger charge is -2.32. The van der Waals surface area contributed by atoms with Crippen molar-refractivity contribution in [3.05, 3.63) is 71.2 Å². The second-order valence-electron chi connectivity index (χ2n) is 8.00. The average Bonchev–Trinajstić information content (AvgIpc) is 3.28. The summed E-state index contributed by atoms with van der Waals surface area (Å²) in [7, 11) is 1.68. The zero-order chi connectivity index (χ0) is 21.6. The Morgan fingerprint density at radius 2 is 1.84 bits per heavy atom. The predicted octanol–water partition coefficient (Wildman–Crippen LogP) is 5.42. The average molecular weight is 439 g/mol. The maximum Gasteiger partial charge on any atom is 0.223 e. The highest BCUT2D eigenvalue weighted by Crippen LogP contribution is 2.25. The Morgan fingerprint density at radius 3 is 2.52 bits per heavy atom. The first-order valence-corrected chi connectivity index (χ1v) is 11.1. The number of aromatic nitrogens is 1. The molecule has 2 heterocycles. The Bertz CT molecular complexity index is 990. The minimum absolute atomic E-state index is 0.175. The van der Waals surface area contributed by atoms with Crippen LogP contribution in [0.3, 0.4) is 0 Å². The fraction of sp³-hybridized carbons (Fsp3) is 0.360. The molecule has 0 unspecified atom stereocenters. The van der Waals surface area contributed by atoms with Crippen LogP contribution in [0.4, 0.5) is 0 Å². The van der Waals surface area contributed by atoms with Crippen LogP contribution in [-0.4, -0.2) is 36.0 Å². The molecule has 0 bridgehead atoms. The number of piperidine rings is 1. The number of carbonyl (C=O) groups excluding carboxylic acids is 1. The molecule has 2 aromatic carbocycles. The minimum atomic E-state index is 0.175. The summed E-state index contributed by atoms with van der Waals surface area (Å²) in [4.78, 5) is 19.0. The van der Waals surface area contributed by atoms with Crippen molar-refractivity contribution in [3.8, 4) is 17.1 Å². The van der Waals surface area contributed by atoms with Gasteiger partial charge in [0, 0.05) is 36.5 Å². The summed E-state index contributed by atoms with van der Waals surface area (Å²) < 4.78 is 11.0. The zero-order valence-corrected chi connectivity index (χ0v) is 18.5. The number of nitrogens with zero attached hydrogens (tertiary/aromatic N) is 2. The van der Waals surface area contributed by atoms with Crippen LogP contribution in [0, 0.1) is 5.92 Å². The molecule has 1 aromatic heterocycles. The number of likely N-dealkylation sites (tertiary alicyclic amines) is 1. The van der Waals surface area contributed by atoms with E-state index in [9.17, 15) is 4.79 Å². The molecule has 0 radical (unpaired) electrons. The van der Waals surface area contributed by atoms with Crippen molar-refractivity contribution >= 4 is 17.5 Å². The lowest BCUT2D eigenvalue weighted by Crippen LogP contribution is -2.39. The van der Waals surface area contributed by atoms with Crippen molar-refractivity contribution in [2.45, 2.75) is 32.1 Å². The highest BCUT2D eigenvalue weighted by Gasteiger charge is 2.23. The van der Waals surface area contributed by atoms with Crippen LogP contribution in [0.15, 0.2) is 59.1 Å². The number of oxazole rings is 1. The summed E-state index contributed by atoms with van der Waals surface area (Å²) in [5.74, 6) is 2.96. The van der Waals surface area contributed by atoms with Crippen LogP contribution in [0.25, 0.3) is 11.3 Å². The number of rotatable bonds is 7. The molecule has 3 aromatic rings. The van der Waals surface area contributed by atoms with E-state index in [1.165, 1.54) is 5.56 Å². The summed E-state index contributed by atoms with van der Waals surface area (Å²) in [5, 5.41) is 0.682. The van der Waals surface area contributed by atoms with Gasteiger partial charge in [-0.05, 0) is 67.1 Å². The third kappa shape index (κ3) is 5.67. The second-order valence-corrected chi connectivity index (χ2v) is 8.44. The molecule has 0 saturated carbocycles. The Kier molecular flexibility index (Phi) is 6.92. The third-order valence-electron chi connectivity index (χ3n) is 5.89. The lowest BCUT2D eigenvalue weighted by molar-refractivity contribution is -0.132. The molecule has 6 heteroatoms. The van der Waals surface area contributed by atoms with Crippen molar-refractivity contribution in [1.29, 1.82) is 0 Å². The number of benzene rings is 2. The summed E-state index contributed by atoms with van der Waals surface area (Å²) in [6, 6.07) is 15.7.